The van der Waals surface area contributed by atoms with Crippen molar-refractivity contribution in [1.82, 2.24) is 19.7 Å². The van der Waals surface area contributed by atoms with Crippen LogP contribution in [0.3, 0.4) is 0 Å². The van der Waals surface area contributed by atoms with E-state index in [1.807, 2.05) is 49.1 Å². The van der Waals surface area contributed by atoms with Gasteiger partial charge in [0.25, 0.3) is 0 Å². The molecule has 0 unspecified atom stereocenters. The maximum Gasteiger partial charge on any atom is 0.143 e. The molecule has 1 aromatic carbocycles. The standard InChI is InChI=1S/C20H20N4O2/c1-11-6-18(24(3)23-11)17-9-16-15(10-21-17)14-7-13(12(2)25-4)8-19(26-5)20(14)22-16/h6-10,22H,2H2,1,3-5H3. The van der Waals surface area contributed by atoms with E-state index >= 15 is 0 Å². The van der Waals surface area contributed by atoms with Gasteiger partial charge in [0.15, 0.2) is 0 Å². The number of aryl methyl sites for hydroxylation is 2. The molecule has 3 heterocycles. The smallest absolute Gasteiger partial charge is 0.143 e. The number of nitrogens with zero attached hydrogens (tertiary/aromatic N) is 3. The summed E-state index contributed by atoms with van der Waals surface area (Å²) in [5.41, 5.74) is 5.60. The fourth-order valence-electron chi connectivity index (χ4n) is 3.30. The van der Waals surface area contributed by atoms with Gasteiger partial charge in [-0.1, -0.05) is 6.58 Å². The molecule has 0 fully saturated rings. The fraction of sp³-hybridized carbons (Fsp3) is 0.200. The van der Waals surface area contributed by atoms with Crippen molar-refractivity contribution in [2.45, 2.75) is 6.92 Å². The molecular formula is C20H20N4O2. The molecule has 0 amide bonds. The van der Waals surface area contributed by atoms with Crippen LogP contribution in [-0.4, -0.2) is 34.0 Å². The van der Waals surface area contributed by atoms with Gasteiger partial charge in [-0.3, -0.25) is 9.67 Å². The van der Waals surface area contributed by atoms with Crippen molar-refractivity contribution in [1.29, 1.82) is 0 Å². The van der Waals surface area contributed by atoms with Gasteiger partial charge < -0.3 is 14.5 Å². The Balaban J connectivity index is 1.96. The zero-order valence-corrected chi connectivity index (χ0v) is 15.3. The van der Waals surface area contributed by atoms with E-state index in [0.29, 0.717) is 5.76 Å². The maximum atomic E-state index is 5.57. The van der Waals surface area contributed by atoms with Crippen LogP contribution < -0.4 is 4.74 Å². The monoisotopic (exact) mass is 348 g/mol. The summed E-state index contributed by atoms with van der Waals surface area (Å²) < 4.78 is 12.7. The maximum absolute atomic E-state index is 5.57. The van der Waals surface area contributed by atoms with Gasteiger partial charge in [0.05, 0.1) is 42.3 Å². The number of benzene rings is 1. The zero-order valence-electron chi connectivity index (χ0n) is 15.3. The molecule has 0 saturated carbocycles. The number of fused-ring (bicyclic) bond motifs is 3. The number of methoxy groups -OCH3 is 2. The summed E-state index contributed by atoms with van der Waals surface area (Å²) in [4.78, 5) is 8.10. The Morgan fingerprint density at radius 1 is 1.15 bits per heavy atom. The number of ether oxygens (including phenoxy) is 2. The number of hydrogen-bond donors (Lipinski definition) is 1. The number of hydrogen-bond acceptors (Lipinski definition) is 4. The first-order valence-corrected chi connectivity index (χ1v) is 8.25. The van der Waals surface area contributed by atoms with Crippen LogP contribution in [0.15, 0.2) is 37.0 Å². The SMILES string of the molecule is C=C(OC)c1cc(OC)c2[nH]c3cc(-c4cc(C)nn4C)ncc3c2c1. The molecule has 6 heteroatoms. The van der Waals surface area contributed by atoms with Gasteiger partial charge in [-0.05, 0) is 31.2 Å². The molecule has 0 radical (unpaired) electrons. The lowest BCUT2D eigenvalue weighted by molar-refractivity contribution is 0.370. The quantitative estimate of drug-likeness (QED) is 0.565. The summed E-state index contributed by atoms with van der Waals surface area (Å²) in [7, 11) is 5.19. The molecule has 0 spiro atoms. The lowest BCUT2D eigenvalue weighted by Gasteiger charge is -2.08. The summed E-state index contributed by atoms with van der Waals surface area (Å²) >= 11 is 0. The summed E-state index contributed by atoms with van der Waals surface area (Å²) in [5, 5.41) is 6.44. The second-order valence-corrected chi connectivity index (χ2v) is 6.26. The largest absolute Gasteiger partial charge is 0.497 e. The molecule has 0 atom stereocenters. The highest BCUT2D eigenvalue weighted by Crippen LogP contribution is 2.35. The minimum atomic E-state index is 0.592. The highest BCUT2D eigenvalue weighted by atomic mass is 16.5. The van der Waals surface area contributed by atoms with Crippen molar-refractivity contribution in [3.05, 3.63) is 48.3 Å². The molecule has 26 heavy (non-hydrogen) atoms. The summed E-state index contributed by atoms with van der Waals surface area (Å²) in [6.45, 7) is 5.91. The van der Waals surface area contributed by atoms with Crippen molar-refractivity contribution in [2.75, 3.05) is 14.2 Å². The molecule has 3 aromatic heterocycles. The van der Waals surface area contributed by atoms with E-state index in [-0.39, 0.29) is 0 Å². The minimum Gasteiger partial charge on any atom is -0.497 e. The third-order valence-electron chi connectivity index (χ3n) is 4.61. The second-order valence-electron chi connectivity index (χ2n) is 6.26. The van der Waals surface area contributed by atoms with Gasteiger partial charge in [-0.2, -0.15) is 5.10 Å². The van der Waals surface area contributed by atoms with E-state index in [0.717, 1.165) is 50.2 Å². The minimum absolute atomic E-state index is 0.592. The molecule has 4 rings (SSSR count). The predicted molar refractivity (Wildman–Crippen MR) is 103 cm³/mol. The van der Waals surface area contributed by atoms with Gasteiger partial charge in [-0.25, -0.2) is 0 Å². The van der Waals surface area contributed by atoms with Crippen LogP contribution >= 0.6 is 0 Å². The number of H-pyrrole nitrogens is 1. The van der Waals surface area contributed by atoms with Gasteiger partial charge in [0.2, 0.25) is 0 Å². The van der Waals surface area contributed by atoms with Gasteiger partial charge in [0.1, 0.15) is 11.5 Å². The van der Waals surface area contributed by atoms with E-state index in [2.05, 4.69) is 21.6 Å². The van der Waals surface area contributed by atoms with E-state index in [9.17, 15) is 0 Å². The third-order valence-corrected chi connectivity index (χ3v) is 4.61. The molecule has 0 bridgehead atoms. The Morgan fingerprint density at radius 2 is 1.96 bits per heavy atom. The van der Waals surface area contributed by atoms with Crippen LogP contribution in [0.2, 0.25) is 0 Å². The van der Waals surface area contributed by atoms with Crippen LogP contribution in [0.5, 0.6) is 5.75 Å². The van der Waals surface area contributed by atoms with E-state index in [1.54, 1.807) is 14.2 Å². The molecule has 0 aliphatic rings. The molecule has 0 aliphatic carbocycles. The van der Waals surface area contributed by atoms with Gasteiger partial charge in [-0.15, -0.1) is 0 Å². The highest BCUT2D eigenvalue weighted by Gasteiger charge is 2.15. The molecule has 132 valence electrons. The summed E-state index contributed by atoms with van der Waals surface area (Å²) in [5.74, 6) is 1.33. The van der Waals surface area contributed by atoms with Crippen molar-refractivity contribution in [3.63, 3.8) is 0 Å². The van der Waals surface area contributed by atoms with Crippen molar-refractivity contribution >= 4 is 27.6 Å². The van der Waals surface area contributed by atoms with Crippen molar-refractivity contribution in [3.8, 4) is 17.1 Å². The topological polar surface area (TPSA) is 65.0 Å². The van der Waals surface area contributed by atoms with Crippen LogP contribution in [0.4, 0.5) is 0 Å². The molecule has 6 nitrogen and oxygen atoms in total. The van der Waals surface area contributed by atoms with Crippen molar-refractivity contribution in [2.24, 2.45) is 7.05 Å². The Labute approximate surface area is 151 Å². The fourth-order valence-corrected chi connectivity index (χ4v) is 3.30. The molecule has 0 aliphatic heterocycles. The number of nitrogens with one attached hydrogen (secondary N) is 1. The zero-order chi connectivity index (χ0) is 18.4. The molecule has 0 saturated heterocycles. The first-order valence-electron chi connectivity index (χ1n) is 8.25. The normalized spacial score (nSPS) is 11.2. The molecular weight excluding hydrogens is 328 g/mol. The number of pyridine rings is 1. The Morgan fingerprint density at radius 3 is 2.62 bits per heavy atom. The van der Waals surface area contributed by atoms with Gasteiger partial charge in [0, 0.05) is 29.6 Å². The number of rotatable bonds is 4. The summed E-state index contributed by atoms with van der Waals surface area (Å²) in [6.07, 6.45) is 1.88. The van der Waals surface area contributed by atoms with E-state index < -0.39 is 0 Å². The second kappa shape index (κ2) is 5.91. The van der Waals surface area contributed by atoms with Crippen LogP contribution in [0, 0.1) is 6.92 Å². The highest BCUT2D eigenvalue weighted by molar-refractivity contribution is 6.10. The number of aromatic nitrogens is 4. The number of aromatic amines is 1. The van der Waals surface area contributed by atoms with E-state index in [4.69, 9.17) is 9.47 Å². The first kappa shape index (κ1) is 16.2. The van der Waals surface area contributed by atoms with Gasteiger partial charge >= 0.3 is 0 Å². The predicted octanol–water partition coefficient (Wildman–Crippen LogP) is 4.05. The van der Waals surface area contributed by atoms with E-state index in [1.165, 1.54) is 0 Å². The Bertz CT molecular complexity index is 1150. The third kappa shape index (κ3) is 2.42. The lowest BCUT2D eigenvalue weighted by Crippen LogP contribution is -1.95. The Hall–Kier alpha value is -3.28. The average molecular weight is 348 g/mol. The van der Waals surface area contributed by atoms with Crippen molar-refractivity contribution < 1.29 is 9.47 Å². The Kier molecular flexibility index (Phi) is 3.68. The molecule has 1 N–H and O–H groups in total. The van der Waals surface area contributed by atoms with Crippen LogP contribution in [0.1, 0.15) is 11.3 Å². The lowest BCUT2D eigenvalue weighted by atomic mass is 10.1. The first-order chi connectivity index (χ1) is 12.5. The van der Waals surface area contributed by atoms with Crippen LogP contribution in [-0.2, 0) is 11.8 Å². The average Bonchev–Trinajstić information content (AvgIpc) is 3.18. The van der Waals surface area contributed by atoms with Crippen LogP contribution in [0.25, 0.3) is 39.0 Å². The summed E-state index contributed by atoms with van der Waals surface area (Å²) in [6, 6.07) is 8.02. The molecule has 4 aromatic rings.